The second-order valence-corrected chi connectivity index (χ2v) is 7.12. The van der Waals surface area contributed by atoms with E-state index in [1.54, 1.807) is 4.90 Å². The Labute approximate surface area is 153 Å². The first-order valence-corrected chi connectivity index (χ1v) is 8.86. The van der Waals surface area contributed by atoms with Crippen molar-refractivity contribution >= 4 is 27.5 Å². The minimum atomic E-state index is -0.0782. The lowest BCUT2D eigenvalue weighted by atomic mass is 10.1. The predicted octanol–water partition coefficient (Wildman–Crippen LogP) is 4.33. The Morgan fingerprint density at radius 1 is 1.12 bits per heavy atom. The standard InChI is InChI=1S/C19H16BrN3O2/c1-12-2-8-16(9-3-12)23-11-14(10-17(23)24)19-21-18(22-25-19)13-4-6-15(20)7-5-13/h2-9,14H,10-11H2,1H3. The highest BCUT2D eigenvalue weighted by Gasteiger charge is 2.35. The number of hydrogen-bond acceptors (Lipinski definition) is 4. The second kappa shape index (κ2) is 6.44. The van der Waals surface area contributed by atoms with Crippen molar-refractivity contribution < 1.29 is 9.32 Å². The zero-order chi connectivity index (χ0) is 17.4. The van der Waals surface area contributed by atoms with Crippen molar-refractivity contribution in [1.82, 2.24) is 10.1 Å². The number of rotatable bonds is 3. The number of nitrogens with zero attached hydrogens (tertiary/aromatic N) is 3. The molecule has 5 nitrogen and oxygen atoms in total. The SMILES string of the molecule is Cc1ccc(N2CC(c3nc(-c4ccc(Br)cc4)no3)CC2=O)cc1. The van der Waals surface area contributed by atoms with Crippen LogP contribution in [-0.4, -0.2) is 22.6 Å². The molecule has 1 aromatic heterocycles. The van der Waals surface area contributed by atoms with Crippen LogP contribution in [0, 0.1) is 6.92 Å². The summed E-state index contributed by atoms with van der Waals surface area (Å²) in [7, 11) is 0. The zero-order valence-corrected chi connectivity index (χ0v) is 15.2. The third-order valence-corrected chi connectivity index (χ3v) is 4.89. The third kappa shape index (κ3) is 3.22. The van der Waals surface area contributed by atoms with E-state index < -0.39 is 0 Å². The van der Waals surface area contributed by atoms with Crippen LogP contribution in [0.5, 0.6) is 0 Å². The molecule has 1 fully saturated rings. The van der Waals surface area contributed by atoms with Gasteiger partial charge in [0.25, 0.3) is 0 Å². The van der Waals surface area contributed by atoms with Gasteiger partial charge in [0, 0.05) is 28.7 Å². The summed E-state index contributed by atoms with van der Waals surface area (Å²) in [6, 6.07) is 15.7. The summed E-state index contributed by atoms with van der Waals surface area (Å²) < 4.78 is 6.43. The zero-order valence-electron chi connectivity index (χ0n) is 13.6. The quantitative estimate of drug-likeness (QED) is 0.659. The van der Waals surface area contributed by atoms with Crippen molar-refractivity contribution in [2.45, 2.75) is 19.3 Å². The first kappa shape index (κ1) is 16.0. The second-order valence-electron chi connectivity index (χ2n) is 6.20. The summed E-state index contributed by atoms with van der Waals surface area (Å²) in [5.74, 6) is 1.06. The average Bonchev–Trinajstić information content (AvgIpc) is 3.23. The summed E-state index contributed by atoms with van der Waals surface area (Å²) in [6.07, 6.45) is 0.385. The van der Waals surface area contributed by atoms with Gasteiger partial charge in [-0.05, 0) is 43.3 Å². The van der Waals surface area contributed by atoms with Crippen molar-refractivity contribution in [1.29, 1.82) is 0 Å². The van der Waals surface area contributed by atoms with E-state index in [1.807, 2.05) is 55.5 Å². The molecule has 1 unspecified atom stereocenters. The van der Waals surface area contributed by atoms with Crippen LogP contribution in [0.25, 0.3) is 11.4 Å². The van der Waals surface area contributed by atoms with Gasteiger partial charge < -0.3 is 9.42 Å². The first-order valence-electron chi connectivity index (χ1n) is 8.07. The maximum Gasteiger partial charge on any atom is 0.232 e. The minimum Gasteiger partial charge on any atom is -0.339 e. The Hall–Kier alpha value is -2.47. The van der Waals surface area contributed by atoms with E-state index in [1.165, 1.54) is 5.56 Å². The Kier molecular flexibility index (Phi) is 4.13. The normalized spacial score (nSPS) is 17.3. The summed E-state index contributed by atoms with van der Waals surface area (Å²) >= 11 is 3.41. The van der Waals surface area contributed by atoms with Gasteiger partial charge in [-0.25, -0.2) is 0 Å². The van der Waals surface area contributed by atoms with E-state index in [2.05, 4.69) is 26.1 Å². The molecule has 0 N–H and O–H groups in total. The van der Waals surface area contributed by atoms with Crippen LogP contribution >= 0.6 is 15.9 Å². The van der Waals surface area contributed by atoms with Crippen LogP contribution in [0.1, 0.15) is 23.8 Å². The van der Waals surface area contributed by atoms with Crippen molar-refractivity contribution in [2.24, 2.45) is 0 Å². The van der Waals surface area contributed by atoms with Gasteiger partial charge in [-0.2, -0.15) is 4.98 Å². The predicted molar refractivity (Wildman–Crippen MR) is 98.3 cm³/mol. The molecule has 1 atom stereocenters. The van der Waals surface area contributed by atoms with E-state index in [0.717, 1.165) is 15.7 Å². The van der Waals surface area contributed by atoms with Gasteiger partial charge in [0.2, 0.25) is 17.6 Å². The molecule has 2 heterocycles. The Morgan fingerprint density at radius 3 is 2.56 bits per heavy atom. The molecular formula is C19H16BrN3O2. The van der Waals surface area contributed by atoms with E-state index in [4.69, 9.17) is 4.52 Å². The van der Waals surface area contributed by atoms with Crippen molar-refractivity contribution in [3.05, 3.63) is 64.5 Å². The number of halogens is 1. The van der Waals surface area contributed by atoms with Crippen LogP contribution in [0.2, 0.25) is 0 Å². The number of carbonyl (C=O) groups is 1. The van der Waals surface area contributed by atoms with Gasteiger partial charge in [-0.3, -0.25) is 4.79 Å². The molecule has 0 radical (unpaired) electrons. The summed E-state index contributed by atoms with van der Waals surface area (Å²) in [6.45, 7) is 2.59. The number of amides is 1. The highest BCUT2D eigenvalue weighted by Crippen LogP contribution is 2.32. The summed E-state index contributed by atoms with van der Waals surface area (Å²) in [4.78, 5) is 18.7. The number of anilines is 1. The molecule has 0 spiro atoms. The Morgan fingerprint density at radius 2 is 1.84 bits per heavy atom. The summed E-state index contributed by atoms with van der Waals surface area (Å²) in [5, 5.41) is 4.06. The molecule has 1 aliphatic rings. The number of aryl methyl sites for hydroxylation is 1. The van der Waals surface area contributed by atoms with Crippen LogP contribution < -0.4 is 4.90 Å². The van der Waals surface area contributed by atoms with E-state index in [0.29, 0.717) is 24.7 Å². The number of hydrogen-bond donors (Lipinski definition) is 0. The van der Waals surface area contributed by atoms with Gasteiger partial charge in [0.1, 0.15) is 0 Å². The fourth-order valence-electron chi connectivity index (χ4n) is 2.96. The smallest absolute Gasteiger partial charge is 0.232 e. The van der Waals surface area contributed by atoms with Crippen molar-refractivity contribution in [3.63, 3.8) is 0 Å². The van der Waals surface area contributed by atoms with Gasteiger partial charge >= 0.3 is 0 Å². The van der Waals surface area contributed by atoms with Crippen LogP contribution in [-0.2, 0) is 4.79 Å². The Bertz CT molecular complexity index is 903. The Balaban J connectivity index is 1.54. The minimum absolute atomic E-state index is 0.0782. The molecule has 0 saturated carbocycles. The van der Waals surface area contributed by atoms with Gasteiger partial charge in [-0.1, -0.05) is 38.8 Å². The maximum absolute atomic E-state index is 12.4. The van der Waals surface area contributed by atoms with Crippen molar-refractivity contribution in [3.8, 4) is 11.4 Å². The van der Waals surface area contributed by atoms with Gasteiger partial charge in [-0.15, -0.1) is 0 Å². The van der Waals surface area contributed by atoms with Crippen LogP contribution in [0.4, 0.5) is 5.69 Å². The molecule has 6 heteroatoms. The largest absolute Gasteiger partial charge is 0.339 e. The number of aromatic nitrogens is 2. The van der Waals surface area contributed by atoms with E-state index in [9.17, 15) is 4.79 Å². The maximum atomic E-state index is 12.4. The lowest BCUT2D eigenvalue weighted by molar-refractivity contribution is -0.117. The molecule has 0 aliphatic carbocycles. The van der Waals surface area contributed by atoms with Crippen molar-refractivity contribution in [2.75, 3.05) is 11.4 Å². The average molecular weight is 398 g/mol. The van der Waals surface area contributed by atoms with E-state index in [-0.39, 0.29) is 11.8 Å². The topological polar surface area (TPSA) is 59.2 Å². The van der Waals surface area contributed by atoms with Gasteiger partial charge in [0.15, 0.2) is 0 Å². The lowest BCUT2D eigenvalue weighted by Gasteiger charge is -2.16. The highest BCUT2D eigenvalue weighted by atomic mass is 79.9. The monoisotopic (exact) mass is 397 g/mol. The lowest BCUT2D eigenvalue weighted by Crippen LogP contribution is -2.24. The molecule has 4 rings (SSSR count). The molecule has 2 aromatic carbocycles. The fraction of sp³-hybridized carbons (Fsp3) is 0.211. The number of benzene rings is 2. The summed E-state index contributed by atoms with van der Waals surface area (Å²) in [5.41, 5.74) is 2.96. The highest BCUT2D eigenvalue weighted by molar-refractivity contribution is 9.10. The third-order valence-electron chi connectivity index (χ3n) is 4.36. The molecule has 126 valence electrons. The molecule has 0 bridgehead atoms. The van der Waals surface area contributed by atoms with Crippen LogP contribution in [0.15, 0.2) is 57.5 Å². The molecular weight excluding hydrogens is 382 g/mol. The number of carbonyl (C=O) groups excluding carboxylic acids is 1. The fourth-order valence-corrected chi connectivity index (χ4v) is 3.23. The molecule has 25 heavy (non-hydrogen) atoms. The molecule has 1 amide bonds. The first-order chi connectivity index (χ1) is 12.1. The van der Waals surface area contributed by atoms with E-state index >= 15 is 0 Å². The van der Waals surface area contributed by atoms with Crippen LogP contribution in [0.3, 0.4) is 0 Å². The van der Waals surface area contributed by atoms with Gasteiger partial charge in [0.05, 0.1) is 5.92 Å². The molecule has 3 aromatic rings. The molecule has 1 aliphatic heterocycles. The molecule has 1 saturated heterocycles.